The van der Waals surface area contributed by atoms with Crippen molar-refractivity contribution >= 4 is 22.9 Å². The van der Waals surface area contributed by atoms with Gasteiger partial charge in [0.1, 0.15) is 17.4 Å². The van der Waals surface area contributed by atoms with E-state index >= 15 is 0 Å². The summed E-state index contributed by atoms with van der Waals surface area (Å²) in [6, 6.07) is 3.80. The maximum atomic E-state index is 13.4. The van der Waals surface area contributed by atoms with E-state index in [9.17, 15) is 18.0 Å². The minimum absolute atomic E-state index is 0.0282. The number of benzene rings is 1. The van der Waals surface area contributed by atoms with Crippen molar-refractivity contribution < 1.29 is 22.7 Å². The Labute approximate surface area is 187 Å². The molecule has 5 rings (SSSR count). The van der Waals surface area contributed by atoms with Crippen LogP contribution in [0.5, 0.6) is 5.75 Å². The third kappa shape index (κ3) is 4.32. The van der Waals surface area contributed by atoms with Crippen LogP contribution >= 0.6 is 0 Å². The fourth-order valence-corrected chi connectivity index (χ4v) is 4.38. The molecule has 4 heterocycles. The Balaban J connectivity index is 1.43. The summed E-state index contributed by atoms with van der Waals surface area (Å²) < 4.78 is 46.0. The maximum Gasteiger partial charge on any atom is 0.261 e. The molecule has 1 saturated heterocycles. The molecule has 2 aliphatic heterocycles. The first-order valence-electron chi connectivity index (χ1n) is 10.8. The van der Waals surface area contributed by atoms with Crippen LogP contribution in [0.4, 0.5) is 24.5 Å². The van der Waals surface area contributed by atoms with Crippen LogP contribution in [-0.2, 0) is 6.42 Å². The van der Waals surface area contributed by atoms with Gasteiger partial charge in [-0.2, -0.15) is 5.10 Å². The van der Waals surface area contributed by atoms with Crippen LogP contribution in [-0.4, -0.2) is 70.7 Å². The van der Waals surface area contributed by atoms with Crippen molar-refractivity contribution in [2.75, 3.05) is 42.9 Å². The highest BCUT2D eigenvalue weighted by Gasteiger charge is 2.27. The van der Waals surface area contributed by atoms with Crippen molar-refractivity contribution in [3.8, 4) is 5.75 Å². The van der Waals surface area contributed by atoms with Crippen LogP contribution in [0, 0.1) is 5.82 Å². The number of piperazine rings is 1. The van der Waals surface area contributed by atoms with Gasteiger partial charge in [0.2, 0.25) is 0 Å². The highest BCUT2D eigenvalue weighted by molar-refractivity contribution is 6.09. The lowest BCUT2D eigenvalue weighted by molar-refractivity contribution is 0.0854. The average molecular weight is 460 g/mol. The van der Waals surface area contributed by atoms with Crippen molar-refractivity contribution in [2.45, 2.75) is 25.9 Å². The summed E-state index contributed by atoms with van der Waals surface area (Å²) in [5, 5.41) is 6.96. The number of fused-ring (bicyclic) bond motifs is 2. The molecule has 1 N–H and O–H groups in total. The monoisotopic (exact) mass is 460 g/mol. The number of aromatic nitrogens is 3. The van der Waals surface area contributed by atoms with Crippen molar-refractivity contribution in [1.82, 2.24) is 19.5 Å². The second-order valence-electron chi connectivity index (χ2n) is 8.34. The van der Waals surface area contributed by atoms with Gasteiger partial charge in [0.15, 0.2) is 11.5 Å². The SMILES string of the molecule is CC1Cc2cc(NC(=O)c3cnn4cc(F)cnc34)c(N3CCN(CC(F)F)CC3)cc2O1. The molecule has 0 saturated carbocycles. The van der Waals surface area contributed by atoms with E-state index in [2.05, 4.69) is 20.3 Å². The van der Waals surface area contributed by atoms with Gasteiger partial charge >= 0.3 is 0 Å². The lowest BCUT2D eigenvalue weighted by atomic mass is 10.1. The van der Waals surface area contributed by atoms with E-state index in [-0.39, 0.29) is 23.9 Å². The Hall–Kier alpha value is -3.34. The third-order valence-electron chi connectivity index (χ3n) is 5.94. The molecule has 0 radical (unpaired) electrons. The Morgan fingerprint density at radius 3 is 2.79 bits per heavy atom. The number of anilines is 2. The number of amides is 1. The first-order valence-corrected chi connectivity index (χ1v) is 10.8. The Morgan fingerprint density at radius 1 is 1.24 bits per heavy atom. The number of nitrogens with one attached hydrogen (secondary N) is 1. The molecule has 11 heteroatoms. The summed E-state index contributed by atoms with van der Waals surface area (Å²) >= 11 is 0. The summed E-state index contributed by atoms with van der Waals surface area (Å²) in [7, 11) is 0. The Bertz CT molecular complexity index is 1190. The van der Waals surface area contributed by atoms with Gasteiger partial charge in [0.05, 0.1) is 36.5 Å². The van der Waals surface area contributed by atoms with Crippen molar-refractivity contribution in [2.24, 2.45) is 0 Å². The number of hydrogen-bond donors (Lipinski definition) is 1. The zero-order valence-corrected chi connectivity index (χ0v) is 18.0. The molecule has 174 valence electrons. The number of hydrogen-bond acceptors (Lipinski definition) is 6. The number of nitrogens with zero attached hydrogens (tertiary/aromatic N) is 5. The zero-order valence-electron chi connectivity index (χ0n) is 18.0. The summed E-state index contributed by atoms with van der Waals surface area (Å²) in [6.07, 6.45) is 1.91. The van der Waals surface area contributed by atoms with Gasteiger partial charge in [-0.15, -0.1) is 0 Å². The average Bonchev–Trinajstić information content (AvgIpc) is 3.35. The standard InChI is InChI=1S/C22H23F3N6O2/c1-13-6-14-7-17(28-22(32)16-10-27-31-11-15(23)9-26-21(16)31)18(8-19(14)33-13)30-4-2-29(3-5-30)12-20(24)25/h7-11,13,20H,2-6,12H2,1H3,(H,28,32). The van der Waals surface area contributed by atoms with E-state index in [1.54, 1.807) is 4.90 Å². The van der Waals surface area contributed by atoms with Crippen molar-refractivity contribution in [1.29, 1.82) is 0 Å². The molecule has 1 unspecified atom stereocenters. The summed E-state index contributed by atoms with van der Waals surface area (Å²) in [5.41, 5.74) is 2.81. The lowest BCUT2D eigenvalue weighted by Crippen LogP contribution is -2.48. The van der Waals surface area contributed by atoms with Crippen LogP contribution in [0.1, 0.15) is 22.8 Å². The molecule has 33 heavy (non-hydrogen) atoms. The highest BCUT2D eigenvalue weighted by Crippen LogP contribution is 2.39. The summed E-state index contributed by atoms with van der Waals surface area (Å²) in [4.78, 5) is 20.9. The normalized spacial score (nSPS) is 18.6. The van der Waals surface area contributed by atoms with Gasteiger partial charge in [-0.25, -0.2) is 22.7 Å². The van der Waals surface area contributed by atoms with E-state index in [4.69, 9.17) is 4.74 Å². The molecular formula is C22H23F3N6O2. The van der Waals surface area contributed by atoms with E-state index in [0.717, 1.165) is 35.8 Å². The first kappa shape index (κ1) is 21.5. The predicted molar refractivity (Wildman–Crippen MR) is 116 cm³/mol. The molecule has 1 amide bonds. The van der Waals surface area contributed by atoms with Crippen LogP contribution in [0.2, 0.25) is 0 Å². The number of halogens is 3. The molecule has 0 spiro atoms. The Kier molecular flexibility index (Phi) is 5.57. The van der Waals surface area contributed by atoms with Crippen LogP contribution in [0.25, 0.3) is 5.65 Å². The molecule has 8 nitrogen and oxygen atoms in total. The number of carbonyl (C=O) groups excluding carboxylic acids is 1. The third-order valence-corrected chi connectivity index (χ3v) is 5.94. The van der Waals surface area contributed by atoms with Crippen molar-refractivity contribution in [3.63, 3.8) is 0 Å². The molecule has 1 atom stereocenters. The molecule has 3 aromatic rings. The Morgan fingerprint density at radius 2 is 2.03 bits per heavy atom. The molecule has 2 aliphatic rings. The molecule has 1 aromatic carbocycles. The van der Waals surface area contributed by atoms with E-state index in [1.165, 1.54) is 10.7 Å². The molecule has 2 aromatic heterocycles. The molecule has 0 aliphatic carbocycles. The molecular weight excluding hydrogens is 437 g/mol. The second kappa shape index (κ2) is 8.54. The number of ether oxygens (including phenoxy) is 1. The highest BCUT2D eigenvalue weighted by atomic mass is 19.3. The fourth-order valence-electron chi connectivity index (χ4n) is 4.38. The zero-order chi connectivity index (χ0) is 23.1. The summed E-state index contributed by atoms with van der Waals surface area (Å²) in [6.45, 7) is 3.81. The van der Waals surface area contributed by atoms with Gasteiger partial charge < -0.3 is 15.0 Å². The van der Waals surface area contributed by atoms with E-state index < -0.39 is 18.1 Å². The van der Waals surface area contributed by atoms with Crippen LogP contribution < -0.4 is 15.0 Å². The molecule has 0 bridgehead atoms. The fraction of sp³-hybridized carbons (Fsp3) is 0.409. The number of alkyl halides is 2. The quantitative estimate of drug-likeness (QED) is 0.631. The van der Waals surface area contributed by atoms with Crippen LogP contribution in [0.15, 0.2) is 30.7 Å². The largest absolute Gasteiger partial charge is 0.490 e. The van der Waals surface area contributed by atoms with Gasteiger partial charge in [-0.05, 0) is 13.0 Å². The van der Waals surface area contributed by atoms with Crippen molar-refractivity contribution in [3.05, 3.63) is 47.7 Å². The van der Waals surface area contributed by atoms with Crippen LogP contribution in [0.3, 0.4) is 0 Å². The minimum atomic E-state index is -2.37. The topological polar surface area (TPSA) is 75.0 Å². The molecule has 1 fully saturated rings. The minimum Gasteiger partial charge on any atom is -0.490 e. The second-order valence-corrected chi connectivity index (χ2v) is 8.34. The number of rotatable bonds is 5. The number of carbonyl (C=O) groups is 1. The van der Waals surface area contributed by atoms with Gasteiger partial charge in [0, 0.05) is 44.2 Å². The van der Waals surface area contributed by atoms with Gasteiger partial charge in [-0.1, -0.05) is 0 Å². The smallest absolute Gasteiger partial charge is 0.261 e. The van der Waals surface area contributed by atoms with Gasteiger partial charge in [0.25, 0.3) is 12.3 Å². The summed E-state index contributed by atoms with van der Waals surface area (Å²) in [5.74, 6) is -0.217. The lowest BCUT2D eigenvalue weighted by Gasteiger charge is -2.37. The maximum absolute atomic E-state index is 13.4. The predicted octanol–water partition coefficient (Wildman–Crippen LogP) is 2.83. The van der Waals surface area contributed by atoms with E-state index in [0.29, 0.717) is 31.9 Å². The van der Waals surface area contributed by atoms with E-state index in [1.807, 2.05) is 19.1 Å². The van der Waals surface area contributed by atoms with Gasteiger partial charge in [-0.3, -0.25) is 9.69 Å². The first-order chi connectivity index (χ1) is 15.9.